The van der Waals surface area contributed by atoms with Crippen molar-refractivity contribution in [2.24, 2.45) is 0 Å². The molecule has 6 heteroatoms. The van der Waals surface area contributed by atoms with Gasteiger partial charge in [-0.2, -0.15) is 4.98 Å². The highest BCUT2D eigenvalue weighted by molar-refractivity contribution is 5.87. The van der Waals surface area contributed by atoms with Gasteiger partial charge in [-0.25, -0.2) is 4.79 Å². The van der Waals surface area contributed by atoms with Crippen molar-refractivity contribution in [3.63, 3.8) is 0 Å². The van der Waals surface area contributed by atoms with Crippen LogP contribution in [-0.4, -0.2) is 10.1 Å². The summed E-state index contributed by atoms with van der Waals surface area (Å²) in [6.07, 6.45) is 2.95. The van der Waals surface area contributed by atoms with Gasteiger partial charge in [0, 0.05) is 12.0 Å². The van der Waals surface area contributed by atoms with E-state index in [1.165, 1.54) is 6.07 Å². The van der Waals surface area contributed by atoms with Gasteiger partial charge in [0.05, 0.1) is 5.39 Å². The molecule has 24 heavy (non-hydrogen) atoms. The number of fused-ring (bicyclic) bond motifs is 1. The third-order valence-corrected chi connectivity index (χ3v) is 4.18. The number of rotatable bonds is 5. The Balaban J connectivity index is 1.68. The van der Waals surface area contributed by atoms with Gasteiger partial charge >= 0.3 is 5.63 Å². The number of nitrogens with zero attached hydrogens (tertiary/aromatic N) is 2. The van der Waals surface area contributed by atoms with Crippen LogP contribution >= 0.6 is 0 Å². The van der Waals surface area contributed by atoms with Crippen LogP contribution in [0.2, 0.25) is 0 Å². The van der Waals surface area contributed by atoms with E-state index in [1.54, 1.807) is 0 Å². The number of ether oxygens (including phenoxy) is 1. The Kier molecular flexibility index (Phi) is 3.59. The van der Waals surface area contributed by atoms with Gasteiger partial charge in [0.25, 0.3) is 0 Å². The Bertz CT molecular complexity index is 953. The minimum atomic E-state index is -0.344. The Morgan fingerprint density at radius 2 is 2.12 bits per heavy atom. The number of hydrogen-bond acceptors (Lipinski definition) is 6. The van der Waals surface area contributed by atoms with Crippen molar-refractivity contribution >= 4 is 11.0 Å². The van der Waals surface area contributed by atoms with E-state index in [0.717, 1.165) is 35.8 Å². The highest BCUT2D eigenvalue weighted by Crippen LogP contribution is 2.39. The summed E-state index contributed by atoms with van der Waals surface area (Å²) >= 11 is 0. The van der Waals surface area contributed by atoms with E-state index in [9.17, 15) is 4.79 Å². The van der Waals surface area contributed by atoms with Gasteiger partial charge in [-0.05, 0) is 49.4 Å². The van der Waals surface area contributed by atoms with E-state index in [4.69, 9.17) is 13.7 Å². The van der Waals surface area contributed by atoms with Gasteiger partial charge < -0.3 is 13.7 Å². The van der Waals surface area contributed by atoms with E-state index in [0.29, 0.717) is 29.0 Å². The molecule has 0 bridgehead atoms. The van der Waals surface area contributed by atoms with Crippen LogP contribution in [0.5, 0.6) is 5.75 Å². The Hall–Kier alpha value is -2.63. The third-order valence-electron chi connectivity index (χ3n) is 4.18. The van der Waals surface area contributed by atoms with Crippen molar-refractivity contribution in [1.29, 1.82) is 0 Å². The second kappa shape index (κ2) is 5.78. The zero-order valence-corrected chi connectivity index (χ0v) is 13.7. The third kappa shape index (κ3) is 2.79. The van der Waals surface area contributed by atoms with E-state index in [2.05, 4.69) is 10.1 Å². The highest BCUT2D eigenvalue weighted by Gasteiger charge is 2.29. The largest absolute Gasteiger partial charge is 0.485 e. The summed E-state index contributed by atoms with van der Waals surface area (Å²) in [4.78, 5) is 16.1. The lowest BCUT2D eigenvalue weighted by Crippen LogP contribution is -2.03. The van der Waals surface area contributed by atoms with Crippen molar-refractivity contribution in [2.45, 2.75) is 45.6 Å². The monoisotopic (exact) mass is 326 g/mol. The van der Waals surface area contributed by atoms with Crippen molar-refractivity contribution in [1.82, 2.24) is 10.1 Å². The molecule has 2 aromatic heterocycles. The fourth-order valence-corrected chi connectivity index (χ4v) is 2.83. The zero-order chi connectivity index (χ0) is 16.7. The fourth-order valence-electron chi connectivity index (χ4n) is 2.83. The average molecular weight is 326 g/mol. The minimum absolute atomic E-state index is 0.219. The summed E-state index contributed by atoms with van der Waals surface area (Å²) in [6.45, 7) is 4.15. The van der Waals surface area contributed by atoms with Crippen LogP contribution in [0.1, 0.15) is 48.5 Å². The Morgan fingerprint density at radius 1 is 1.29 bits per heavy atom. The first-order chi connectivity index (χ1) is 11.6. The lowest BCUT2D eigenvalue weighted by Gasteiger charge is -2.11. The van der Waals surface area contributed by atoms with Crippen molar-refractivity contribution in [3.05, 3.63) is 51.5 Å². The summed E-state index contributed by atoms with van der Waals surface area (Å²) < 4.78 is 16.5. The zero-order valence-electron chi connectivity index (χ0n) is 13.7. The molecule has 0 radical (unpaired) electrons. The molecule has 3 aromatic rings. The summed E-state index contributed by atoms with van der Waals surface area (Å²) in [5.74, 6) is 2.32. The molecule has 6 nitrogen and oxygen atoms in total. The van der Waals surface area contributed by atoms with Gasteiger partial charge in [-0.15, -0.1) is 0 Å². The van der Waals surface area contributed by atoms with Crippen LogP contribution in [0.25, 0.3) is 11.0 Å². The molecule has 0 amide bonds. The molecule has 0 unspecified atom stereocenters. The van der Waals surface area contributed by atoms with Crippen LogP contribution in [0, 0.1) is 6.92 Å². The molecular weight excluding hydrogens is 308 g/mol. The molecule has 0 atom stereocenters. The molecule has 1 aromatic carbocycles. The lowest BCUT2D eigenvalue weighted by atomic mass is 10.1. The topological polar surface area (TPSA) is 78.4 Å². The van der Waals surface area contributed by atoms with Crippen LogP contribution in [0.4, 0.5) is 0 Å². The van der Waals surface area contributed by atoms with Crippen molar-refractivity contribution in [2.75, 3.05) is 0 Å². The molecule has 0 spiro atoms. The maximum absolute atomic E-state index is 11.7. The van der Waals surface area contributed by atoms with Gasteiger partial charge in [0.2, 0.25) is 11.7 Å². The lowest BCUT2D eigenvalue weighted by molar-refractivity contribution is 0.287. The number of aromatic nitrogens is 2. The molecule has 0 N–H and O–H groups in total. The number of aryl methyl sites for hydroxylation is 2. The molecule has 124 valence electrons. The molecule has 1 aliphatic carbocycles. The van der Waals surface area contributed by atoms with E-state index >= 15 is 0 Å². The number of hydrogen-bond donors (Lipinski definition) is 0. The Morgan fingerprint density at radius 3 is 2.88 bits per heavy atom. The predicted octanol–water partition coefficient (Wildman–Crippen LogP) is 3.50. The van der Waals surface area contributed by atoms with Crippen LogP contribution < -0.4 is 10.4 Å². The second-order valence-electron chi connectivity index (χ2n) is 6.19. The first-order valence-electron chi connectivity index (χ1n) is 8.16. The average Bonchev–Trinajstić information content (AvgIpc) is 3.30. The molecule has 0 saturated heterocycles. The van der Waals surface area contributed by atoms with E-state index in [-0.39, 0.29) is 12.2 Å². The smallest absolute Gasteiger partial charge is 0.336 e. The van der Waals surface area contributed by atoms with Crippen molar-refractivity contribution < 1.29 is 13.7 Å². The minimum Gasteiger partial charge on any atom is -0.485 e. The highest BCUT2D eigenvalue weighted by atomic mass is 16.5. The molecule has 2 heterocycles. The van der Waals surface area contributed by atoms with Gasteiger partial charge in [-0.3, -0.25) is 0 Å². The molecule has 1 fully saturated rings. The maximum Gasteiger partial charge on any atom is 0.336 e. The molecule has 4 rings (SSSR count). The second-order valence-corrected chi connectivity index (χ2v) is 6.19. The summed E-state index contributed by atoms with van der Waals surface area (Å²) in [6, 6.07) is 5.30. The standard InChI is InChI=1S/C18H18N2O4/c1-3-11-8-16(21)23-14-7-10(2)6-13(17(11)14)22-9-15-19-18(24-20-15)12-4-5-12/h6-8,12H,3-5,9H2,1-2H3. The summed E-state index contributed by atoms with van der Waals surface area (Å²) in [5.41, 5.74) is 2.06. The first kappa shape index (κ1) is 14.9. The SMILES string of the molecule is CCc1cc(=O)oc2cc(C)cc(OCc3noc(C4CC4)n3)c12. The van der Waals surface area contributed by atoms with E-state index in [1.807, 2.05) is 26.0 Å². The van der Waals surface area contributed by atoms with Crippen LogP contribution in [-0.2, 0) is 13.0 Å². The molecule has 1 aliphatic rings. The van der Waals surface area contributed by atoms with E-state index < -0.39 is 0 Å². The predicted molar refractivity (Wildman–Crippen MR) is 87.2 cm³/mol. The molecule has 1 saturated carbocycles. The first-order valence-corrected chi connectivity index (χ1v) is 8.16. The summed E-state index contributed by atoms with van der Waals surface area (Å²) in [7, 11) is 0. The summed E-state index contributed by atoms with van der Waals surface area (Å²) in [5, 5.41) is 4.79. The fraction of sp³-hybridized carbons (Fsp3) is 0.389. The Labute approximate surface area is 138 Å². The van der Waals surface area contributed by atoms with Crippen molar-refractivity contribution in [3.8, 4) is 5.75 Å². The number of benzene rings is 1. The maximum atomic E-state index is 11.7. The quantitative estimate of drug-likeness (QED) is 0.668. The normalized spacial score (nSPS) is 14.2. The van der Waals surface area contributed by atoms with Gasteiger partial charge in [0.1, 0.15) is 11.3 Å². The van der Waals surface area contributed by atoms with Crippen LogP contribution in [0.3, 0.4) is 0 Å². The van der Waals surface area contributed by atoms with Gasteiger partial charge in [0.15, 0.2) is 6.61 Å². The van der Waals surface area contributed by atoms with Gasteiger partial charge in [-0.1, -0.05) is 12.1 Å². The van der Waals surface area contributed by atoms with Crippen LogP contribution in [0.15, 0.2) is 31.9 Å². The molecule has 0 aliphatic heterocycles. The molecular formula is C18H18N2O4.